The van der Waals surface area contributed by atoms with Crippen molar-refractivity contribution in [2.75, 3.05) is 0 Å². The minimum atomic E-state index is -2.10. The monoisotopic (exact) mass is 1650 g/mol. The van der Waals surface area contributed by atoms with Crippen LogP contribution in [0, 0.1) is 168 Å². The Kier molecular flexibility index (Phi) is 51.1. The van der Waals surface area contributed by atoms with Crippen LogP contribution in [0.3, 0.4) is 0 Å². The normalized spacial score (nSPS) is 24.7. The Hall–Kier alpha value is -0.871. The third kappa shape index (κ3) is 27.0. The van der Waals surface area contributed by atoms with Gasteiger partial charge in [0, 0.05) is 16.7 Å². The van der Waals surface area contributed by atoms with Crippen LogP contribution in [0.15, 0.2) is 115 Å². The number of rotatable bonds is 4. The van der Waals surface area contributed by atoms with Gasteiger partial charge in [-0.25, -0.2) is 52.7 Å². The van der Waals surface area contributed by atoms with E-state index in [0.717, 1.165) is 24.7 Å². The van der Waals surface area contributed by atoms with Crippen molar-refractivity contribution < 1.29 is 115 Å². The Bertz CT molecular complexity index is 2600. The van der Waals surface area contributed by atoms with Crippen molar-refractivity contribution in [3.63, 3.8) is 0 Å². The predicted molar refractivity (Wildman–Crippen MR) is 354 cm³/mol. The molecule has 13 rings (SSSR count). The zero-order chi connectivity index (χ0) is 62.7. The first-order valence-electron chi connectivity index (χ1n) is 29.3. The van der Waals surface area contributed by atoms with Gasteiger partial charge in [-0.15, -0.1) is 0 Å². The molecule has 0 heterocycles. The number of halogens is 18. The van der Waals surface area contributed by atoms with Crippen LogP contribution in [-0.4, -0.2) is 0 Å². The van der Waals surface area contributed by atoms with Crippen molar-refractivity contribution in [2.24, 2.45) is 53.3 Å². The molecule has 0 saturated heterocycles. The van der Waals surface area contributed by atoms with Crippen molar-refractivity contribution in [3.05, 3.63) is 246 Å². The zero-order valence-corrected chi connectivity index (χ0v) is 65.2. The van der Waals surface area contributed by atoms with Gasteiger partial charge in [-0.1, -0.05) is 174 Å². The quantitative estimate of drug-likeness (QED) is 0.106. The summed E-state index contributed by atoms with van der Waals surface area (Å²) < 4.78 is 162. The number of benzene rings is 3. The summed E-state index contributed by atoms with van der Waals surface area (Å²) in [6.07, 6.45) is 56.3. The summed E-state index contributed by atoms with van der Waals surface area (Å²) in [4.78, 5) is 0. The third-order valence-corrected chi connectivity index (χ3v) is 17.6. The molecule has 21 heteroatoms. The van der Waals surface area contributed by atoms with E-state index in [1.165, 1.54) is 102 Å². The molecule has 3 aromatic rings. The fourth-order valence-corrected chi connectivity index (χ4v) is 13.4. The first-order chi connectivity index (χ1) is 41.5. The molecular weight excluding hydrogens is 1570 g/mol. The summed E-state index contributed by atoms with van der Waals surface area (Å²) in [5.74, 6) is -17.7. The van der Waals surface area contributed by atoms with Gasteiger partial charge in [-0.05, 0) is 135 Å². The van der Waals surface area contributed by atoms with Gasteiger partial charge in [0.25, 0.3) is 0 Å². The Morgan fingerprint density at radius 2 is 0.543 bits per heavy atom. The zero-order valence-electron chi connectivity index (χ0n) is 53.3. The number of hydrogen-bond donors (Lipinski definition) is 0. The van der Waals surface area contributed by atoms with E-state index >= 15 is 0 Å². The topological polar surface area (TPSA) is 0 Å². The molecule has 3 aromatic carbocycles. The van der Waals surface area contributed by atoms with Crippen molar-refractivity contribution >= 4 is 51.1 Å². The fraction of sp³-hybridized carbons (Fsp3) is 0.437. The summed E-state index contributed by atoms with van der Waals surface area (Å²) >= 11 is -2.48. The molecule has 6 fully saturated rings. The SMILES string of the molecule is C1=CC2CCCC2C=C1.C1CCCC1.C1CCCC1.Fc1c(F)c(F)c(C2CCC3C=CC=CC32)c(F)c1F.Fc1c(F)c(F)c(C2CCC3C=CC=CC32)c(F)c1F.Fc1cccc(F)c1CC1CCC2C=CC=CC21.[CH3-].[CH3-].[CH3-].[CH3-].[CH3-].[CH3-].[Cl][Zr+2][Cl].[Cl][Zr+2][Cl].[Cl][Zr+2][Cl]. The second-order valence-corrected chi connectivity index (χ2v) is 33.6. The molecule has 11 atom stereocenters. The molecule has 92 heavy (non-hydrogen) atoms. The molecule has 0 amide bonds. The Morgan fingerprint density at radius 3 is 0.859 bits per heavy atom. The second kappa shape index (κ2) is 50.5. The average molecular weight is 1660 g/mol. The maximum absolute atomic E-state index is 13.9. The van der Waals surface area contributed by atoms with Gasteiger partial charge in [-0.2, -0.15) is 0 Å². The molecular formula is C71H88Cl6F12Zr3. The Labute approximate surface area is 600 Å². The van der Waals surface area contributed by atoms with Crippen molar-refractivity contribution in [1.29, 1.82) is 0 Å². The molecule has 11 unspecified atom stereocenters. The van der Waals surface area contributed by atoms with Crippen LogP contribution in [0.25, 0.3) is 0 Å². The van der Waals surface area contributed by atoms with Gasteiger partial charge in [-0.3, -0.25) is 0 Å². The van der Waals surface area contributed by atoms with Crippen molar-refractivity contribution in [2.45, 2.75) is 140 Å². The number of fused-ring (bicyclic) bond motifs is 4. The number of hydrogen-bond acceptors (Lipinski definition) is 0. The van der Waals surface area contributed by atoms with Crippen molar-refractivity contribution in [1.82, 2.24) is 0 Å². The second-order valence-electron chi connectivity index (χ2n) is 22.4. The van der Waals surface area contributed by atoms with Gasteiger partial charge < -0.3 is 44.6 Å². The fourth-order valence-electron chi connectivity index (χ4n) is 13.4. The summed E-state index contributed by atoms with van der Waals surface area (Å²) in [5.41, 5.74) is -1.09. The molecule has 0 N–H and O–H groups in total. The molecule has 510 valence electrons. The Balaban J connectivity index is 0. The molecule has 0 nitrogen and oxygen atoms in total. The van der Waals surface area contributed by atoms with Crippen LogP contribution < -0.4 is 0 Å². The first kappa shape index (κ1) is 93.2. The molecule has 0 aliphatic heterocycles. The van der Waals surface area contributed by atoms with E-state index in [2.05, 4.69) is 48.6 Å². The van der Waals surface area contributed by atoms with E-state index < -0.39 is 155 Å². The summed E-state index contributed by atoms with van der Waals surface area (Å²) in [6, 6.07) is 4.12. The average Bonchev–Trinajstić information content (AvgIpc) is 1.24. The molecule has 0 radical (unpaired) electrons. The van der Waals surface area contributed by atoms with Gasteiger partial charge in [0.1, 0.15) is 11.6 Å². The predicted octanol–water partition coefficient (Wildman–Crippen LogP) is 26.8. The van der Waals surface area contributed by atoms with Gasteiger partial charge in [0.2, 0.25) is 11.6 Å². The molecule has 0 bridgehead atoms. The van der Waals surface area contributed by atoms with E-state index in [9.17, 15) is 52.7 Å². The number of allylic oxidation sites excluding steroid dienone is 16. The van der Waals surface area contributed by atoms with Crippen LogP contribution in [0.2, 0.25) is 0 Å². The van der Waals surface area contributed by atoms with Crippen LogP contribution >= 0.6 is 51.1 Å². The molecule has 0 aromatic heterocycles. The van der Waals surface area contributed by atoms with E-state index in [4.69, 9.17) is 51.1 Å². The van der Waals surface area contributed by atoms with Crippen LogP contribution in [0.4, 0.5) is 52.7 Å². The molecule has 0 spiro atoms. The summed E-state index contributed by atoms with van der Waals surface area (Å²) in [6.45, 7) is 0. The first-order valence-corrected chi connectivity index (χ1v) is 48.2. The van der Waals surface area contributed by atoms with Crippen molar-refractivity contribution in [3.8, 4) is 0 Å². The minimum absolute atomic E-state index is 0. The van der Waals surface area contributed by atoms with Crippen LogP contribution in [0.1, 0.15) is 151 Å². The van der Waals surface area contributed by atoms with E-state index in [-0.39, 0.29) is 73.8 Å². The third-order valence-electron chi connectivity index (χ3n) is 17.6. The Morgan fingerprint density at radius 1 is 0.293 bits per heavy atom. The van der Waals surface area contributed by atoms with E-state index in [1.54, 1.807) is 24.3 Å². The van der Waals surface area contributed by atoms with E-state index in [0.29, 0.717) is 49.9 Å². The van der Waals surface area contributed by atoms with Crippen LogP contribution in [-0.2, 0) is 69.0 Å². The van der Waals surface area contributed by atoms with Gasteiger partial charge in [0.05, 0.1) is 0 Å². The van der Waals surface area contributed by atoms with E-state index in [1.807, 2.05) is 24.3 Å². The molecule has 10 aliphatic carbocycles. The maximum atomic E-state index is 13.9. The van der Waals surface area contributed by atoms with Crippen LogP contribution in [0.5, 0.6) is 0 Å². The van der Waals surface area contributed by atoms with Gasteiger partial charge in [0.15, 0.2) is 46.5 Å². The standard InChI is InChI=1S/C16H16F2.2C15H11F5.C9H12.2C5H10.6CH3.6ClH.3Zr/c17-15-6-3-7-16(18)14(15)10-12-9-8-11-4-1-2-5-13(11)12;2*16-11-10(12(17)14(19)15(20)13(11)18)9-6-5-7-3-1-2-4-8(7)9;1-2-5-9-7-3-6-8(9)4-1;2*1-2-4-5-3-1;;;;;;;;;;;;;;;/h1-7,11-13H,8-10H2;2*1-4,7-9H,5-6H2;1-2,4-5,8-9H,3,6-7H2;2*1-5H2;6*1H3;6*1H;;;/q;;;;;;6*-1;;;;;;;3*+4/p-6. The van der Waals surface area contributed by atoms with Gasteiger partial charge >= 0.3 is 114 Å². The summed E-state index contributed by atoms with van der Waals surface area (Å²) in [7, 11) is 29.6. The summed E-state index contributed by atoms with van der Waals surface area (Å²) in [5, 5.41) is 0. The molecule has 10 aliphatic rings. The molecule has 6 saturated carbocycles.